The van der Waals surface area contributed by atoms with Crippen LogP contribution in [0, 0.1) is 0 Å². The van der Waals surface area contributed by atoms with Crippen LogP contribution < -0.4 is 10.5 Å². The third kappa shape index (κ3) is 4.02. The van der Waals surface area contributed by atoms with Gasteiger partial charge in [-0.25, -0.2) is 0 Å². The highest BCUT2D eigenvalue weighted by Crippen LogP contribution is 2.29. The van der Waals surface area contributed by atoms with Crippen LogP contribution in [-0.2, 0) is 6.42 Å². The van der Waals surface area contributed by atoms with Crippen molar-refractivity contribution in [1.82, 2.24) is 0 Å². The van der Waals surface area contributed by atoms with Gasteiger partial charge in [0.25, 0.3) is 0 Å². The Morgan fingerprint density at radius 3 is 2.28 bits per heavy atom. The van der Waals surface area contributed by atoms with Gasteiger partial charge < -0.3 is 10.5 Å². The number of rotatable bonds is 6. The Morgan fingerprint density at radius 2 is 1.83 bits per heavy atom. The molecule has 102 valence electrons. The summed E-state index contributed by atoms with van der Waals surface area (Å²) in [4.78, 5) is 0. The van der Waals surface area contributed by atoms with Crippen LogP contribution in [0.1, 0.15) is 57.6 Å². The van der Waals surface area contributed by atoms with Crippen molar-refractivity contribution in [2.24, 2.45) is 5.73 Å². The highest BCUT2D eigenvalue weighted by Gasteiger charge is 2.17. The van der Waals surface area contributed by atoms with Crippen molar-refractivity contribution in [3.05, 3.63) is 29.3 Å². The van der Waals surface area contributed by atoms with Gasteiger partial charge in [0, 0.05) is 5.54 Å². The van der Waals surface area contributed by atoms with Crippen LogP contribution in [-0.4, -0.2) is 12.6 Å². The summed E-state index contributed by atoms with van der Waals surface area (Å²) in [5, 5.41) is 0. The Hall–Kier alpha value is -1.02. The molecule has 0 spiro atoms. The lowest BCUT2D eigenvalue weighted by Gasteiger charge is -2.22. The molecule has 1 aromatic rings. The second-order valence-corrected chi connectivity index (χ2v) is 5.75. The van der Waals surface area contributed by atoms with Gasteiger partial charge in [0.2, 0.25) is 0 Å². The molecule has 2 N–H and O–H groups in total. The maximum Gasteiger partial charge on any atom is 0.122 e. The SMILES string of the molecule is CCC(CC)c1ccc(OC)c(CC(C)(C)N)c1. The van der Waals surface area contributed by atoms with Gasteiger partial charge in [-0.1, -0.05) is 26.0 Å². The fraction of sp³-hybridized carbons (Fsp3) is 0.625. The first-order valence-electron chi connectivity index (χ1n) is 6.87. The van der Waals surface area contributed by atoms with Crippen LogP contribution in [0.4, 0.5) is 0 Å². The van der Waals surface area contributed by atoms with Gasteiger partial charge in [-0.05, 0) is 56.2 Å². The fourth-order valence-corrected chi connectivity index (χ4v) is 2.44. The van der Waals surface area contributed by atoms with Crippen LogP contribution in [0.25, 0.3) is 0 Å². The smallest absolute Gasteiger partial charge is 0.122 e. The second-order valence-electron chi connectivity index (χ2n) is 5.75. The minimum atomic E-state index is -0.209. The molecule has 0 radical (unpaired) electrons. The number of hydrogen-bond acceptors (Lipinski definition) is 2. The molecular formula is C16H27NO. The summed E-state index contributed by atoms with van der Waals surface area (Å²) < 4.78 is 5.44. The van der Waals surface area contributed by atoms with Gasteiger partial charge in [-0.3, -0.25) is 0 Å². The first-order chi connectivity index (χ1) is 8.41. The lowest BCUT2D eigenvalue weighted by molar-refractivity contribution is 0.402. The van der Waals surface area contributed by atoms with E-state index in [2.05, 4.69) is 45.9 Å². The molecule has 2 heteroatoms. The summed E-state index contributed by atoms with van der Waals surface area (Å²) in [5.41, 5.74) is 8.54. The van der Waals surface area contributed by atoms with Gasteiger partial charge in [-0.15, -0.1) is 0 Å². The normalized spacial score (nSPS) is 11.9. The molecule has 0 bridgehead atoms. The molecule has 0 aliphatic heterocycles. The van der Waals surface area contributed by atoms with Crippen LogP contribution in [0.3, 0.4) is 0 Å². The lowest BCUT2D eigenvalue weighted by atomic mass is 9.89. The molecule has 0 unspecified atom stereocenters. The number of hydrogen-bond donors (Lipinski definition) is 1. The van der Waals surface area contributed by atoms with E-state index in [1.54, 1.807) is 7.11 Å². The van der Waals surface area contributed by atoms with Crippen molar-refractivity contribution >= 4 is 0 Å². The topological polar surface area (TPSA) is 35.2 Å². The van der Waals surface area contributed by atoms with Gasteiger partial charge >= 0.3 is 0 Å². The van der Waals surface area contributed by atoms with E-state index < -0.39 is 0 Å². The van der Waals surface area contributed by atoms with E-state index in [1.807, 2.05) is 0 Å². The molecule has 0 saturated carbocycles. The molecule has 0 heterocycles. The monoisotopic (exact) mass is 249 g/mol. The summed E-state index contributed by atoms with van der Waals surface area (Å²) in [5.74, 6) is 1.58. The highest BCUT2D eigenvalue weighted by atomic mass is 16.5. The fourth-order valence-electron chi connectivity index (χ4n) is 2.44. The Bertz CT molecular complexity index is 375. The predicted octanol–water partition coefficient (Wildman–Crippen LogP) is 3.88. The van der Waals surface area contributed by atoms with Crippen molar-refractivity contribution in [1.29, 1.82) is 0 Å². The van der Waals surface area contributed by atoms with E-state index in [0.29, 0.717) is 5.92 Å². The number of methoxy groups -OCH3 is 1. The molecule has 0 saturated heterocycles. The van der Waals surface area contributed by atoms with Crippen LogP contribution in [0.15, 0.2) is 18.2 Å². The van der Waals surface area contributed by atoms with E-state index >= 15 is 0 Å². The minimum Gasteiger partial charge on any atom is -0.496 e. The van der Waals surface area contributed by atoms with E-state index in [9.17, 15) is 0 Å². The van der Waals surface area contributed by atoms with Crippen LogP contribution >= 0.6 is 0 Å². The maximum absolute atomic E-state index is 6.13. The quantitative estimate of drug-likeness (QED) is 0.830. The molecular weight excluding hydrogens is 222 g/mol. The minimum absolute atomic E-state index is 0.209. The van der Waals surface area contributed by atoms with Crippen molar-refractivity contribution < 1.29 is 4.74 Å². The Balaban J connectivity index is 3.09. The average molecular weight is 249 g/mol. The zero-order chi connectivity index (χ0) is 13.8. The number of nitrogens with two attached hydrogens (primary N) is 1. The molecule has 0 aliphatic carbocycles. The standard InChI is InChI=1S/C16H27NO/c1-6-12(7-2)13-8-9-15(18-5)14(10-13)11-16(3,4)17/h8-10,12H,6-7,11,17H2,1-5H3. The molecule has 0 aliphatic rings. The summed E-state index contributed by atoms with van der Waals surface area (Å²) in [7, 11) is 1.72. The maximum atomic E-state index is 6.13. The molecule has 18 heavy (non-hydrogen) atoms. The highest BCUT2D eigenvalue weighted by molar-refractivity contribution is 5.39. The number of ether oxygens (including phenoxy) is 1. The van der Waals surface area contributed by atoms with E-state index in [4.69, 9.17) is 10.5 Å². The average Bonchev–Trinajstić information content (AvgIpc) is 2.29. The number of benzene rings is 1. The van der Waals surface area contributed by atoms with Crippen molar-refractivity contribution in [2.45, 2.75) is 58.4 Å². The molecule has 2 nitrogen and oxygen atoms in total. The molecule has 0 amide bonds. The first-order valence-corrected chi connectivity index (χ1v) is 6.87. The van der Waals surface area contributed by atoms with Crippen LogP contribution in [0.2, 0.25) is 0 Å². The molecule has 0 aromatic heterocycles. The lowest BCUT2D eigenvalue weighted by Crippen LogP contribution is -2.34. The van der Waals surface area contributed by atoms with Gasteiger partial charge in [0.15, 0.2) is 0 Å². The molecule has 1 aromatic carbocycles. The van der Waals surface area contributed by atoms with Crippen molar-refractivity contribution in [2.75, 3.05) is 7.11 Å². The predicted molar refractivity (Wildman–Crippen MR) is 78.3 cm³/mol. The molecule has 1 rings (SSSR count). The second kappa shape index (κ2) is 6.24. The zero-order valence-electron chi connectivity index (χ0n) is 12.4. The summed E-state index contributed by atoms with van der Waals surface area (Å²) in [6, 6.07) is 6.53. The Labute approximate surface area is 112 Å². The van der Waals surface area contributed by atoms with E-state index in [-0.39, 0.29) is 5.54 Å². The first kappa shape index (κ1) is 15.0. The largest absolute Gasteiger partial charge is 0.496 e. The van der Waals surface area contributed by atoms with Crippen molar-refractivity contribution in [3.63, 3.8) is 0 Å². The van der Waals surface area contributed by atoms with Gasteiger partial charge in [-0.2, -0.15) is 0 Å². The van der Waals surface area contributed by atoms with Crippen molar-refractivity contribution in [3.8, 4) is 5.75 Å². The van der Waals surface area contributed by atoms with E-state index in [1.165, 1.54) is 24.0 Å². The third-order valence-corrected chi connectivity index (χ3v) is 3.41. The van der Waals surface area contributed by atoms with Gasteiger partial charge in [0.1, 0.15) is 5.75 Å². The summed E-state index contributed by atoms with van der Waals surface area (Å²) >= 11 is 0. The summed E-state index contributed by atoms with van der Waals surface area (Å²) in [6.45, 7) is 8.59. The Morgan fingerprint density at radius 1 is 1.22 bits per heavy atom. The van der Waals surface area contributed by atoms with Crippen LogP contribution in [0.5, 0.6) is 5.75 Å². The van der Waals surface area contributed by atoms with Gasteiger partial charge in [0.05, 0.1) is 7.11 Å². The molecule has 0 fully saturated rings. The third-order valence-electron chi connectivity index (χ3n) is 3.41. The zero-order valence-corrected chi connectivity index (χ0v) is 12.4. The Kier molecular flexibility index (Phi) is 5.21. The summed E-state index contributed by atoms with van der Waals surface area (Å²) in [6.07, 6.45) is 3.19. The molecule has 0 atom stereocenters. The van der Waals surface area contributed by atoms with E-state index in [0.717, 1.165) is 12.2 Å².